The molecule has 1 aromatic rings. The zero-order chi connectivity index (χ0) is 20.7. The van der Waals surface area contributed by atoms with E-state index in [4.69, 9.17) is 4.74 Å². The largest absolute Gasteiger partial charge is 0.462 e. The molecule has 0 bridgehead atoms. The highest BCUT2D eigenvalue weighted by atomic mass is 33.1. The number of hydrogen-bond acceptors (Lipinski definition) is 5. The molecule has 0 aliphatic carbocycles. The maximum absolute atomic E-state index is 12.5. The minimum atomic E-state index is -0.0735. The molecule has 0 radical (unpaired) electrons. The van der Waals surface area contributed by atoms with Crippen molar-refractivity contribution >= 4 is 27.6 Å². The summed E-state index contributed by atoms with van der Waals surface area (Å²) < 4.78 is 6.02. The number of carbonyl (C=O) groups excluding carboxylic acids is 1. The van der Waals surface area contributed by atoms with Gasteiger partial charge >= 0.3 is 5.97 Å². The standard InChI is InChI=1S/C22H37NO2S2/c1-16(21(3,4)5)20(17(2)22(6,7)8)25-19(24)13-11-15-26-27-18-12-9-10-14-23-18/h9-10,12,14,16-17,20H,11,13,15H2,1-8H3/t16-,17-/m1/s1. The lowest BCUT2D eigenvalue weighted by atomic mass is 9.69. The van der Waals surface area contributed by atoms with E-state index >= 15 is 0 Å². The van der Waals surface area contributed by atoms with E-state index in [1.807, 2.05) is 18.2 Å². The van der Waals surface area contributed by atoms with Gasteiger partial charge in [0.15, 0.2) is 0 Å². The molecule has 0 aliphatic rings. The number of rotatable bonds is 9. The summed E-state index contributed by atoms with van der Waals surface area (Å²) in [5.41, 5.74) is 0.194. The van der Waals surface area contributed by atoms with E-state index in [0.29, 0.717) is 18.3 Å². The maximum atomic E-state index is 12.5. The Labute approximate surface area is 174 Å². The third-order valence-electron chi connectivity index (χ3n) is 5.38. The first-order valence-electron chi connectivity index (χ1n) is 9.83. The number of pyridine rings is 1. The van der Waals surface area contributed by atoms with Crippen molar-refractivity contribution in [3.63, 3.8) is 0 Å². The van der Waals surface area contributed by atoms with Crippen molar-refractivity contribution < 1.29 is 9.53 Å². The van der Waals surface area contributed by atoms with Crippen LogP contribution in [0.1, 0.15) is 68.2 Å². The lowest BCUT2D eigenvalue weighted by Crippen LogP contribution is -2.42. The quantitative estimate of drug-likeness (QED) is 0.252. The highest BCUT2D eigenvalue weighted by Crippen LogP contribution is 2.39. The molecule has 0 saturated heterocycles. The topological polar surface area (TPSA) is 39.2 Å². The van der Waals surface area contributed by atoms with Crippen LogP contribution in [0.2, 0.25) is 0 Å². The van der Waals surface area contributed by atoms with Crippen molar-refractivity contribution in [2.24, 2.45) is 22.7 Å². The van der Waals surface area contributed by atoms with Crippen molar-refractivity contribution in [1.82, 2.24) is 4.98 Å². The summed E-state index contributed by atoms with van der Waals surface area (Å²) >= 11 is 0. The number of ether oxygens (including phenoxy) is 1. The highest BCUT2D eigenvalue weighted by molar-refractivity contribution is 8.76. The SMILES string of the molecule is C[C@H](C(OC(=O)CCCSSc1ccccn1)[C@@H](C)C(C)(C)C)C(C)(C)C. The minimum absolute atomic E-state index is 0.0620. The molecule has 0 amide bonds. The van der Waals surface area contributed by atoms with Crippen molar-refractivity contribution in [2.75, 3.05) is 5.75 Å². The number of nitrogens with zero attached hydrogens (tertiary/aromatic N) is 1. The van der Waals surface area contributed by atoms with E-state index in [0.717, 1.165) is 17.2 Å². The van der Waals surface area contributed by atoms with E-state index in [-0.39, 0.29) is 22.9 Å². The summed E-state index contributed by atoms with van der Waals surface area (Å²) in [6.07, 6.45) is 3.03. The first-order valence-corrected chi connectivity index (χ1v) is 12.1. The molecule has 154 valence electrons. The summed E-state index contributed by atoms with van der Waals surface area (Å²) in [4.78, 5) is 16.8. The molecule has 0 spiro atoms. The van der Waals surface area contributed by atoms with Crippen LogP contribution < -0.4 is 0 Å². The van der Waals surface area contributed by atoms with Crippen molar-refractivity contribution in [2.45, 2.75) is 79.4 Å². The predicted molar refractivity (Wildman–Crippen MR) is 119 cm³/mol. The second kappa shape index (κ2) is 10.8. The number of carbonyl (C=O) groups is 1. The molecular formula is C22H37NO2S2. The average Bonchev–Trinajstić information content (AvgIpc) is 2.57. The van der Waals surface area contributed by atoms with Gasteiger partial charge in [-0.25, -0.2) is 4.98 Å². The summed E-state index contributed by atoms with van der Waals surface area (Å²) in [6.45, 7) is 17.7. The van der Waals surface area contributed by atoms with Crippen LogP contribution in [-0.2, 0) is 9.53 Å². The predicted octanol–water partition coefficient (Wildman–Crippen LogP) is 6.88. The van der Waals surface area contributed by atoms with Crippen LogP contribution in [0.25, 0.3) is 0 Å². The van der Waals surface area contributed by atoms with E-state index in [9.17, 15) is 4.79 Å². The van der Waals surface area contributed by atoms with Gasteiger partial charge in [0.1, 0.15) is 11.1 Å². The molecular weight excluding hydrogens is 374 g/mol. The molecule has 1 heterocycles. The van der Waals surface area contributed by atoms with Crippen LogP contribution in [-0.4, -0.2) is 22.8 Å². The van der Waals surface area contributed by atoms with Gasteiger partial charge in [-0.05, 0) is 52.0 Å². The first-order chi connectivity index (χ1) is 12.4. The Morgan fingerprint density at radius 2 is 1.67 bits per heavy atom. The summed E-state index contributed by atoms with van der Waals surface area (Å²) in [5, 5.41) is 1.00. The van der Waals surface area contributed by atoms with E-state index in [1.54, 1.807) is 27.8 Å². The second-order valence-electron chi connectivity index (χ2n) is 9.44. The van der Waals surface area contributed by atoms with Gasteiger partial charge in [-0.15, -0.1) is 0 Å². The second-order valence-corrected chi connectivity index (χ2v) is 11.9. The van der Waals surface area contributed by atoms with Crippen molar-refractivity contribution in [1.29, 1.82) is 0 Å². The van der Waals surface area contributed by atoms with Gasteiger partial charge in [-0.3, -0.25) is 4.79 Å². The molecule has 2 atom stereocenters. The van der Waals surface area contributed by atoms with Crippen LogP contribution >= 0.6 is 21.6 Å². The van der Waals surface area contributed by atoms with Gasteiger partial charge in [0, 0.05) is 18.4 Å². The molecule has 0 N–H and O–H groups in total. The highest BCUT2D eigenvalue weighted by Gasteiger charge is 2.39. The lowest BCUT2D eigenvalue weighted by molar-refractivity contribution is -0.160. The Kier molecular flexibility index (Phi) is 9.70. The fourth-order valence-corrected chi connectivity index (χ4v) is 4.57. The fraction of sp³-hybridized carbons (Fsp3) is 0.727. The Bertz CT molecular complexity index is 544. The summed E-state index contributed by atoms with van der Waals surface area (Å²) in [6, 6.07) is 5.90. The molecule has 0 aliphatic heterocycles. The Morgan fingerprint density at radius 1 is 1.07 bits per heavy atom. The smallest absolute Gasteiger partial charge is 0.306 e. The summed E-state index contributed by atoms with van der Waals surface area (Å²) in [7, 11) is 3.39. The fourth-order valence-electron chi connectivity index (χ4n) is 2.61. The number of esters is 1. The first kappa shape index (κ1) is 24.4. The Hall–Kier alpha value is -0.680. The number of hydrogen-bond donors (Lipinski definition) is 0. The zero-order valence-electron chi connectivity index (χ0n) is 18.2. The molecule has 0 fully saturated rings. The normalized spacial score (nSPS) is 14.9. The van der Waals surface area contributed by atoms with Crippen LogP contribution in [0.4, 0.5) is 0 Å². The molecule has 0 unspecified atom stereocenters. The lowest BCUT2D eigenvalue weighted by Gasteiger charge is -2.41. The van der Waals surface area contributed by atoms with E-state index in [2.05, 4.69) is 60.4 Å². The van der Waals surface area contributed by atoms with Gasteiger partial charge in [-0.1, -0.05) is 72.3 Å². The summed E-state index contributed by atoms with van der Waals surface area (Å²) in [5.74, 6) is 1.43. The molecule has 3 nitrogen and oxygen atoms in total. The van der Waals surface area contributed by atoms with E-state index < -0.39 is 0 Å². The van der Waals surface area contributed by atoms with Gasteiger partial charge in [0.25, 0.3) is 0 Å². The monoisotopic (exact) mass is 411 g/mol. The molecule has 0 aromatic carbocycles. The van der Waals surface area contributed by atoms with Crippen LogP contribution in [0, 0.1) is 22.7 Å². The van der Waals surface area contributed by atoms with Crippen LogP contribution in [0.3, 0.4) is 0 Å². The van der Waals surface area contributed by atoms with Gasteiger partial charge in [0.2, 0.25) is 0 Å². The molecule has 1 rings (SSSR count). The average molecular weight is 412 g/mol. The van der Waals surface area contributed by atoms with Crippen LogP contribution in [0.15, 0.2) is 29.4 Å². The maximum Gasteiger partial charge on any atom is 0.306 e. The Balaban J connectivity index is 2.51. The third kappa shape index (κ3) is 8.91. The van der Waals surface area contributed by atoms with Gasteiger partial charge < -0.3 is 4.74 Å². The molecule has 5 heteroatoms. The molecule has 27 heavy (non-hydrogen) atoms. The van der Waals surface area contributed by atoms with E-state index in [1.165, 1.54) is 0 Å². The molecule has 0 saturated carbocycles. The third-order valence-corrected chi connectivity index (χ3v) is 7.73. The zero-order valence-corrected chi connectivity index (χ0v) is 19.9. The number of aromatic nitrogens is 1. The van der Waals surface area contributed by atoms with Crippen LogP contribution in [0.5, 0.6) is 0 Å². The van der Waals surface area contributed by atoms with Gasteiger partial charge in [-0.2, -0.15) is 0 Å². The Morgan fingerprint density at radius 3 is 2.15 bits per heavy atom. The molecule has 1 aromatic heterocycles. The minimum Gasteiger partial charge on any atom is -0.462 e. The van der Waals surface area contributed by atoms with Gasteiger partial charge in [0.05, 0.1) is 0 Å². The van der Waals surface area contributed by atoms with Crippen molar-refractivity contribution in [3.05, 3.63) is 24.4 Å². The van der Waals surface area contributed by atoms with Crippen molar-refractivity contribution in [3.8, 4) is 0 Å².